The second kappa shape index (κ2) is 4.26. The molecule has 0 amide bonds. The first-order chi connectivity index (χ1) is 7.85. The van der Waals surface area contributed by atoms with Crippen LogP contribution in [0.25, 0.3) is 0 Å². The van der Waals surface area contributed by atoms with Gasteiger partial charge in [0, 0.05) is 24.8 Å². The van der Waals surface area contributed by atoms with Crippen LogP contribution in [0.2, 0.25) is 0 Å². The van der Waals surface area contributed by atoms with Crippen molar-refractivity contribution in [3.63, 3.8) is 0 Å². The standard InChI is InChI=1S/C13H18O4/c1-13(2,3)17-11-7-8(14)6-9(11)10-4-5-12(15)16-10/h4-5,9-11H,6-7H2,1-3H3/t9-,10+,11-/m1/s1. The van der Waals surface area contributed by atoms with Crippen LogP contribution in [0.15, 0.2) is 12.2 Å². The lowest BCUT2D eigenvalue weighted by Crippen LogP contribution is -2.35. The van der Waals surface area contributed by atoms with Crippen molar-refractivity contribution in [2.24, 2.45) is 5.92 Å². The van der Waals surface area contributed by atoms with E-state index in [0.717, 1.165) is 0 Å². The summed E-state index contributed by atoms with van der Waals surface area (Å²) < 4.78 is 11.0. The molecule has 17 heavy (non-hydrogen) atoms. The zero-order valence-corrected chi connectivity index (χ0v) is 10.4. The average molecular weight is 238 g/mol. The second-order valence-corrected chi connectivity index (χ2v) is 5.64. The van der Waals surface area contributed by atoms with Gasteiger partial charge in [-0.3, -0.25) is 4.79 Å². The Morgan fingerprint density at radius 3 is 2.53 bits per heavy atom. The molecule has 0 saturated heterocycles. The van der Waals surface area contributed by atoms with Gasteiger partial charge in [0.05, 0.1) is 11.7 Å². The fraction of sp³-hybridized carbons (Fsp3) is 0.692. The molecule has 1 aliphatic heterocycles. The molecule has 1 heterocycles. The van der Waals surface area contributed by atoms with Gasteiger partial charge in [-0.05, 0) is 26.8 Å². The van der Waals surface area contributed by atoms with E-state index in [2.05, 4.69) is 0 Å². The SMILES string of the molecule is CC(C)(C)O[C@@H]1CC(=O)C[C@@H]1[C@@H]1C=CC(=O)O1. The zero-order valence-electron chi connectivity index (χ0n) is 10.4. The molecule has 0 unspecified atom stereocenters. The Hall–Kier alpha value is -1.16. The maximum absolute atomic E-state index is 11.5. The van der Waals surface area contributed by atoms with E-state index >= 15 is 0 Å². The second-order valence-electron chi connectivity index (χ2n) is 5.64. The van der Waals surface area contributed by atoms with Crippen molar-refractivity contribution < 1.29 is 19.1 Å². The van der Waals surface area contributed by atoms with Crippen LogP contribution in [0.1, 0.15) is 33.6 Å². The molecule has 0 radical (unpaired) electrons. The summed E-state index contributed by atoms with van der Waals surface area (Å²) in [5.41, 5.74) is -0.292. The zero-order chi connectivity index (χ0) is 12.6. The van der Waals surface area contributed by atoms with Crippen LogP contribution in [0.4, 0.5) is 0 Å². The van der Waals surface area contributed by atoms with Gasteiger partial charge in [-0.1, -0.05) is 0 Å². The van der Waals surface area contributed by atoms with Crippen LogP contribution >= 0.6 is 0 Å². The van der Waals surface area contributed by atoms with E-state index in [1.165, 1.54) is 6.08 Å². The van der Waals surface area contributed by atoms with Crippen LogP contribution in [-0.4, -0.2) is 29.6 Å². The van der Waals surface area contributed by atoms with Crippen LogP contribution in [0, 0.1) is 5.92 Å². The Morgan fingerprint density at radius 1 is 1.29 bits per heavy atom. The smallest absolute Gasteiger partial charge is 0.331 e. The molecule has 0 bridgehead atoms. The van der Waals surface area contributed by atoms with Crippen molar-refractivity contribution in [1.82, 2.24) is 0 Å². The molecule has 4 heteroatoms. The quantitative estimate of drug-likeness (QED) is 0.686. The van der Waals surface area contributed by atoms with Gasteiger partial charge in [-0.25, -0.2) is 4.79 Å². The van der Waals surface area contributed by atoms with Crippen molar-refractivity contribution in [3.05, 3.63) is 12.2 Å². The Morgan fingerprint density at radius 2 is 2.00 bits per heavy atom. The van der Waals surface area contributed by atoms with E-state index in [9.17, 15) is 9.59 Å². The molecule has 4 nitrogen and oxygen atoms in total. The minimum atomic E-state index is -0.330. The highest BCUT2D eigenvalue weighted by atomic mass is 16.6. The highest BCUT2D eigenvalue weighted by Gasteiger charge is 2.42. The highest BCUT2D eigenvalue weighted by Crippen LogP contribution is 2.34. The molecule has 0 aromatic heterocycles. The lowest BCUT2D eigenvalue weighted by molar-refractivity contribution is -0.145. The number of hydrogen-bond acceptors (Lipinski definition) is 4. The topological polar surface area (TPSA) is 52.6 Å². The lowest BCUT2D eigenvalue weighted by Gasteiger charge is -2.30. The molecule has 3 atom stereocenters. The summed E-state index contributed by atoms with van der Waals surface area (Å²) in [6, 6.07) is 0. The molecule has 0 spiro atoms. The summed E-state index contributed by atoms with van der Waals surface area (Å²) in [6.45, 7) is 5.88. The van der Waals surface area contributed by atoms with E-state index in [-0.39, 0.29) is 35.5 Å². The summed E-state index contributed by atoms with van der Waals surface area (Å²) in [4.78, 5) is 22.6. The van der Waals surface area contributed by atoms with Gasteiger partial charge in [0.1, 0.15) is 11.9 Å². The third-order valence-electron chi connectivity index (χ3n) is 2.97. The summed E-state index contributed by atoms with van der Waals surface area (Å²) in [7, 11) is 0. The number of esters is 1. The number of rotatable bonds is 2. The highest BCUT2D eigenvalue weighted by molar-refractivity contribution is 5.85. The number of cyclic esters (lactones) is 1. The number of carbonyl (C=O) groups is 2. The molecule has 1 aliphatic carbocycles. The van der Waals surface area contributed by atoms with Crippen molar-refractivity contribution in [3.8, 4) is 0 Å². The van der Waals surface area contributed by atoms with Gasteiger partial charge < -0.3 is 9.47 Å². The van der Waals surface area contributed by atoms with E-state index in [1.54, 1.807) is 6.08 Å². The molecule has 2 rings (SSSR count). The number of ether oxygens (including phenoxy) is 2. The monoisotopic (exact) mass is 238 g/mol. The molecule has 1 saturated carbocycles. The summed E-state index contributed by atoms with van der Waals surface area (Å²) in [5.74, 6) is -0.186. The Balaban J connectivity index is 2.06. The Kier molecular flexibility index (Phi) is 3.08. The van der Waals surface area contributed by atoms with Crippen LogP contribution in [0.3, 0.4) is 0 Å². The first-order valence-electron chi connectivity index (χ1n) is 5.93. The fourth-order valence-corrected chi connectivity index (χ4v) is 2.38. The minimum Gasteiger partial charge on any atom is -0.455 e. The van der Waals surface area contributed by atoms with Crippen molar-refractivity contribution in [2.75, 3.05) is 0 Å². The molecule has 2 aliphatic rings. The van der Waals surface area contributed by atoms with Crippen molar-refractivity contribution >= 4 is 11.8 Å². The van der Waals surface area contributed by atoms with Gasteiger partial charge in [-0.15, -0.1) is 0 Å². The van der Waals surface area contributed by atoms with E-state index in [4.69, 9.17) is 9.47 Å². The largest absolute Gasteiger partial charge is 0.455 e. The predicted octanol–water partition coefficient (Wildman–Crippen LogP) is 1.63. The van der Waals surface area contributed by atoms with Crippen LogP contribution in [-0.2, 0) is 19.1 Å². The molecular formula is C13H18O4. The number of hydrogen-bond donors (Lipinski definition) is 0. The van der Waals surface area contributed by atoms with Gasteiger partial charge in [0.15, 0.2) is 0 Å². The van der Waals surface area contributed by atoms with Crippen LogP contribution < -0.4 is 0 Å². The van der Waals surface area contributed by atoms with Gasteiger partial charge in [-0.2, -0.15) is 0 Å². The van der Waals surface area contributed by atoms with Gasteiger partial charge in [0.2, 0.25) is 0 Å². The maximum Gasteiger partial charge on any atom is 0.331 e. The third-order valence-corrected chi connectivity index (χ3v) is 2.97. The number of ketones is 1. The molecular weight excluding hydrogens is 220 g/mol. The van der Waals surface area contributed by atoms with Crippen molar-refractivity contribution in [2.45, 2.75) is 51.4 Å². The Bertz CT molecular complexity index is 364. The molecule has 0 aromatic rings. The minimum absolute atomic E-state index is 0.0376. The summed E-state index contributed by atoms with van der Waals surface area (Å²) >= 11 is 0. The predicted molar refractivity (Wildman–Crippen MR) is 61.4 cm³/mol. The first-order valence-corrected chi connectivity index (χ1v) is 5.93. The fourth-order valence-electron chi connectivity index (χ4n) is 2.38. The van der Waals surface area contributed by atoms with E-state index in [0.29, 0.717) is 12.8 Å². The average Bonchev–Trinajstić information content (AvgIpc) is 2.70. The van der Waals surface area contributed by atoms with Gasteiger partial charge >= 0.3 is 5.97 Å². The van der Waals surface area contributed by atoms with E-state index < -0.39 is 0 Å². The number of carbonyl (C=O) groups excluding carboxylic acids is 2. The first kappa shape index (κ1) is 12.3. The van der Waals surface area contributed by atoms with Crippen LogP contribution in [0.5, 0.6) is 0 Å². The maximum atomic E-state index is 11.5. The summed E-state index contributed by atoms with van der Waals surface area (Å²) in [6.07, 6.45) is 3.54. The van der Waals surface area contributed by atoms with Gasteiger partial charge in [0.25, 0.3) is 0 Å². The van der Waals surface area contributed by atoms with E-state index in [1.807, 2.05) is 20.8 Å². The lowest BCUT2D eigenvalue weighted by atomic mass is 9.98. The molecule has 94 valence electrons. The molecule has 0 aromatic carbocycles. The third kappa shape index (κ3) is 2.94. The normalized spacial score (nSPS) is 33.2. The molecule has 0 N–H and O–H groups in total. The Labute approximate surface area is 101 Å². The van der Waals surface area contributed by atoms with Crippen molar-refractivity contribution in [1.29, 1.82) is 0 Å². The number of Topliss-reactive ketones (excluding diaryl/α,β-unsaturated/α-hetero) is 1. The molecule has 1 fully saturated rings. The summed E-state index contributed by atoms with van der Waals surface area (Å²) in [5, 5.41) is 0.